The summed E-state index contributed by atoms with van der Waals surface area (Å²) in [5, 5.41) is 6.24. The number of amides is 2. The molecule has 0 radical (unpaired) electrons. The molecule has 1 atom stereocenters. The standard InChI is InChI=1S/C24H20Cl2N2O2S/c25-17-8-13-20(26)21(14-17)28-24(30)22(15-4-2-1-3-5-15)31-19-11-9-18(10-12-19)27-23(29)16-6-7-16/h1-5,8-14,16,22H,6-7H2,(H,27,29)(H,28,30). The molecule has 4 nitrogen and oxygen atoms in total. The molecule has 1 aliphatic rings. The highest BCUT2D eigenvalue weighted by Gasteiger charge is 2.29. The highest BCUT2D eigenvalue weighted by molar-refractivity contribution is 8.00. The van der Waals surface area contributed by atoms with Gasteiger partial charge in [-0.2, -0.15) is 0 Å². The molecule has 0 bridgehead atoms. The van der Waals surface area contributed by atoms with Gasteiger partial charge in [-0.15, -0.1) is 11.8 Å². The van der Waals surface area contributed by atoms with E-state index in [2.05, 4.69) is 10.6 Å². The third-order valence-corrected chi connectivity index (χ3v) is 6.68. The van der Waals surface area contributed by atoms with Crippen LogP contribution in [0.5, 0.6) is 0 Å². The van der Waals surface area contributed by atoms with E-state index < -0.39 is 5.25 Å². The Hall–Kier alpha value is -2.47. The Morgan fingerprint density at radius 1 is 0.903 bits per heavy atom. The van der Waals surface area contributed by atoms with Crippen molar-refractivity contribution in [3.63, 3.8) is 0 Å². The molecule has 0 aromatic heterocycles. The molecule has 0 aliphatic heterocycles. The molecule has 3 aromatic rings. The van der Waals surface area contributed by atoms with Crippen LogP contribution in [0.1, 0.15) is 23.7 Å². The Morgan fingerprint density at radius 3 is 2.29 bits per heavy atom. The molecule has 1 fully saturated rings. The number of hydrogen-bond donors (Lipinski definition) is 2. The zero-order valence-electron chi connectivity index (χ0n) is 16.5. The van der Waals surface area contributed by atoms with Crippen LogP contribution in [0.3, 0.4) is 0 Å². The van der Waals surface area contributed by atoms with Crippen molar-refractivity contribution in [3.05, 3.63) is 88.4 Å². The SMILES string of the molecule is O=C(Nc1ccc(SC(C(=O)Nc2cc(Cl)ccc2Cl)c2ccccc2)cc1)C1CC1. The zero-order valence-corrected chi connectivity index (χ0v) is 18.8. The first-order chi connectivity index (χ1) is 15.0. The monoisotopic (exact) mass is 470 g/mol. The molecule has 0 spiro atoms. The van der Waals surface area contributed by atoms with Crippen molar-refractivity contribution in [1.29, 1.82) is 0 Å². The lowest BCUT2D eigenvalue weighted by Gasteiger charge is -2.18. The smallest absolute Gasteiger partial charge is 0.242 e. The summed E-state index contributed by atoms with van der Waals surface area (Å²) >= 11 is 13.7. The zero-order chi connectivity index (χ0) is 21.8. The molecule has 2 amide bonds. The van der Waals surface area contributed by atoms with Gasteiger partial charge in [0.15, 0.2) is 0 Å². The number of hydrogen-bond acceptors (Lipinski definition) is 3. The first-order valence-electron chi connectivity index (χ1n) is 9.88. The van der Waals surface area contributed by atoms with Crippen molar-refractivity contribution in [3.8, 4) is 0 Å². The summed E-state index contributed by atoms with van der Waals surface area (Å²) in [5.74, 6) is 0.0188. The minimum absolute atomic E-state index is 0.0698. The number of carbonyl (C=O) groups excluding carboxylic acids is 2. The number of thioether (sulfide) groups is 1. The largest absolute Gasteiger partial charge is 0.326 e. The second-order valence-corrected chi connectivity index (χ2v) is 9.33. The molecule has 1 unspecified atom stereocenters. The van der Waals surface area contributed by atoms with Gasteiger partial charge in [0.05, 0.1) is 10.7 Å². The summed E-state index contributed by atoms with van der Waals surface area (Å²) < 4.78 is 0. The van der Waals surface area contributed by atoms with Crippen LogP contribution in [0.15, 0.2) is 77.7 Å². The average Bonchev–Trinajstić information content (AvgIpc) is 3.62. The lowest BCUT2D eigenvalue weighted by molar-refractivity contribution is -0.117. The van der Waals surface area contributed by atoms with Crippen LogP contribution in [0, 0.1) is 5.92 Å². The van der Waals surface area contributed by atoms with Crippen LogP contribution in [-0.2, 0) is 9.59 Å². The maximum Gasteiger partial charge on any atom is 0.242 e. The van der Waals surface area contributed by atoms with Gasteiger partial charge >= 0.3 is 0 Å². The van der Waals surface area contributed by atoms with Crippen molar-refractivity contribution in [2.75, 3.05) is 10.6 Å². The van der Waals surface area contributed by atoms with Gasteiger partial charge in [0.25, 0.3) is 0 Å². The molecule has 158 valence electrons. The van der Waals surface area contributed by atoms with Gasteiger partial charge < -0.3 is 10.6 Å². The predicted octanol–water partition coefficient (Wildman–Crippen LogP) is 6.81. The van der Waals surface area contributed by atoms with E-state index in [-0.39, 0.29) is 17.7 Å². The molecular weight excluding hydrogens is 451 g/mol. The lowest BCUT2D eigenvalue weighted by Crippen LogP contribution is -2.19. The Labute approximate surface area is 195 Å². The van der Waals surface area contributed by atoms with Crippen molar-refractivity contribution >= 4 is 58.2 Å². The van der Waals surface area contributed by atoms with Gasteiger partial charge in [0.2, 0.25) is 11.8 Å². The second-order valence-electron chi connectivity index (χ2n) is 7.31. The summed E-state index contributed by atoms with van der Waals surface area (Å²) in [7, 11) is 0. The predicted molar refractivity (Wildman–Crippen MR) is 128 cm³/mol. The van der Waals surface area contributed by atoms with E-state index >= 15 is 0 Å². The average molecular weight is 471 g/mol. The third-order valence-electron chi connectivity index (χ3n) is 4.85. The normalized spacial score (nSPS) is 14.0. The fourth-order valence-corrected chi connectivity index (χ4v) is 4.40. The summed E-state index contributed by atoms with van der Waals surface area (Å²) in [6.45, 7) is 0. The molecular formula is C24H20Cl2N2O2S. The van der Waals surface area contributed by atoms with Crippen molar-refractivity contribution < 1.29 is 9.59 Å². The van der Waals surface area contributed by atoms with E-state index in [0.29, 0.717) is 15.7 Å². The van der Waals surface area contributed by atoms with Gasteiger partial charge in [0, 0.05) is 21.5 Å². The van der Waals surface area contributed by atoms with Crippen LogP contribution >= 0.6 is 35.0 Å². The van der Waals surface area contributed by atoms with Crippen LogP contribution in [-0.4, -0.2) is 11.8 Å². The molecule has 4 rings (SSSR count). The molecule has 0 heterocycles. The fourth-order valence-electron chi connectivity index (χ4n) is 3.04. The van der Waals surface area contributed by atoms with Gasteiger partial charge in [0.1, 0.15) is 5.25 Å². The quantitative estimate of drug-likeness (QED) is 0.372. The Kier molecular flexibility index (Phi) is 6.86. The Morgan fingerprint density at radius 2 is 1.61 bits per heavy atom. The molecule has 1 saturated carbocycles. The molecule has 3 aromatic carbocycles. The van der Waals surface area contributed by atoms with Gasteiger partial charge in [-0.05, 0) is 60.9 Å². The maximum atomic E-state index is 13.2. The topological polar surface area (TPSA) is 58.2 Å². The fraction of sp³-hybridized carbons (Fsp3) is 0.167. The van der Waals surface area contributed by atoms with Crippen LogP contribution in [0.2, 0.25) is 10.0 Å². The summed E-state index contributed by atoms with van der Waals surface area (Å²) in [6.07, 6.45) is 1.93. The van der Waals surface area contributed by atoms with Crippen LogP contribution in [0.25, 0.3) is 0 Å². The van der Waals surface area contributed by atoms with E-state index in [9.17, 15) is 9.59 Å². The number of benzene rings is 3. The number of carbonyl (C=O) groups is 2. The number of rotatable bonds is 7. The van der Waals surface area contributed by atoms with Crippen LogP contribution in [0.4, 0.5) is 11.4 Å². The molecule has 1 aliphatic carbocycles. The summed E-state index contributed by atoms with van der Waals surface area (Å²) in [4.78, 5) is 26.0. The van der Waals surface area contributed by atoms with E-state index in [1.807, 2.05) is 54.6 Å². The molecule has 7 heteroatoms. The third kappa shape index (κ3) is 5.82. The minimum Gasteiger partial charge on any atom is -0.326 e. The van der Waals surface area contributed by atoms with E-state index in [1.54, 1.807) is 18.2 Å². The van der Waals surface area contributed by atoms with Crippen molar-refractivity contribution in [2.45, 2.75) is 23.0 Å². The molecule has 2 N–H and O–H groups in total. The maximum absolute atomic E-state index is 13.2. The second kappa shape index (κ2) is 9.77. The summed E-state index contributed by atoms with van der Waals surface area (Å²) in [5.41, 5.74) is 2.10. The van der Waals surface area contributed by atoms with E-state index in [1.165, 1.54) is 11.8 Å². The lowest BCUT2D eigenvalue weighted by atomic mass is 10.1. The molecule has 31 heavy (non-hydrogen) atoms. The Bertz CT molecular complexity index is 1090. The Balaban J connectivity index is 1.52. The van der Waals surface area contributed by atoms with Crippen molar-refractivity contribution in [1.82, 2.24) is 0 Å². The summed E-state index contributed by atoms with van der Waals surface area (Å²) in [6, 6.07) is 22.0. The van der Waals surface area contributed by atoms with E-state index in [0.717, 1.165) is 29.0 Å². The van der Waals surface area contributed by atoms with Gasteiger partial charge in [-0.3, -0.25) is 9.59 Å². The first kappa shape index (κ1) is 21.8. The minimum atomic E-state index is -0.497. The van der Waals surface area contributed by atoms with Gasteiger partial charge in [-0.1, -0.05) is 53.5 Å². The number of nitrogens with one attached hydrogen (secondary N) is 2. The number of halogens is 2. The van der Waals surface area contributed by atoms with Gasteiger partial charge in [-0.25, -0.2) is 0 Å². The van der Waals surface area contributed by atoms with Crippen molar-refractivity contribution in [2.24, 2.45) is 5.92 Å². The first-order valence-corrected chi connectivity index (χ1v) is 11.5. The van der Waals surface area contributed by atoms with Crippen LogP contribution < -0.4 is 10.6 Å². The van der Waals surface area contributed by atoms with E-state index in [4.69, 9.17) is 23.2 Å². The molecule has 0 saturated heterocycles. The highest BCUT2D eigenvalue weighted by Crippen LogP contribution is 2.38. The number of anilines is 2. The highest BCUT2D eigenvalue weighted by atomic mass is 35.5.